The quantitative estimate of drug-likeness (QED) is 0.827. The predicted octanol–water partition coefficient (Wildman–Crippen LogP) is 2.58. The summed E-state index contributed by atoms with van der Waals surface area (Å²) in [6.45, 7) is 3.78. The molecular formula is C12H16O3. The van der Waals surface area contributed by atoms with Crippen molar-refractivity contribution in [3.8, 4) is 5.75 Å². The smallest absolute Gasteiger partial charge is 0.310 e. The van der Waals surface area contributed by atoms with E-state index in [0.29, 0.717) is 6.42 Å². The number of methoxy groups -OCH3 is 1. The van der Waals surface area contributed by atoms with Gasteiger partial charge in [-0.2, -0.15) is 0 Å². The van der Waals surface area contributed by atoms with Crippen LogP contribution in [0.25, 0.3) is 0 Å². The highest BCUT2D eigenvalue weighted by molar-refractivity contribution is 5.76. The summed E-state index contributed by atoms with van der Waals surface area (Å²) in [6, 6.07) is 5.49. The predicted molar refractivity (Wildman–Crippen MR) is 58.4 cm³/mol. The highest BCUT2D eigenvalue weighted by Gasteiger charge is 2.19. The molecule has 1 unspecified atom stereocenters. The maximum absolute atomic E-state index is 11.0. The minimum absolute atomic E-state index is 0.420. The number of carboxylic acid groups (broad SMARTS) is 1. The number of hydrogen-bond donors (Lipinski definition) is 1. The van der Waals surface area contributed by atoms with Crippen molar-refractivity contribution in [1.29, 1.82) is 0 Å². The fraction of sp³-hybridized carbons (Fsp3) is 0.417. The van der Waals surface area contributed by atoms with Crippen LogP contribution in [0.5, 0.6) is 5.75 Å². The monoisotopic (exact) mass is 208 g/mol. The summed E-state index contributed by atoms with van der Waals surface area (Å²) >= 11 is 0. The Kier molecular flexibility index (Phi) is 3.72. The summed E-state index contributed by atoms with van der Waals surface area (Å²) in [7, 11) is 1.60. The van der Waals surface area contributed by atoms with Crippen LogP contribution in [0.4, 0.5) is 0 Å². The number of carboxylic acids is 1. The summed E-state index contributed by atoms with van der Waals surface area (Å²) in [5, 5.41) is 9.05. The summed E-state index contributed by atoms with van der Waals surface area (Å²) < 4.78 is 5.08. The van der Waals surface area contributed by atoms with Gasteiger partial charge in [0.25, 0.3) is 0 Å². The molecule has 0 bridgehead atoms. The lowest BCUT2D eigenvalue weighted by atomic mass is 9.93. The zero-order valence-corrected chi connectivity index (χ0v) is 9.28. The van der Waals surface area contributed by atoms with E-state index in [4.69, 9.17) is 9.84 Å². The van der Waals surface area contributed by atoms with Crippen LogP contribution in [0.3, 0.4) is 0 Å². The third-order valence-electron chi connectivity index (χ3n) is 2.56. The largest absolute Gasteiger partial charge is 0.497 e. The van der Waals surface area contributed by atoms with Gasteiger partial charge >= 0.3 is 5.97 Å². The van der Waals surface area contributed by atoms with Crippen LogP contribution in [0.15, 0.2) is 18.2 Å². The second-order valence-electron chi connectivity index (χ2n) is 3.52. The molecule has 3 heteroatoms. The number of hydrogen-bond acceptors (Lipinski definition) is 2. The van der Waals surface area contributed by atoms with Gasteiger partial charge in [-0.1, -0.05) is 13.0 Å². The number of ether oxygens (including phenoxy) is 1. The van der Waals surface area contributed by atoms with Crippen molar-refractivity contribution < 1.29 is 14.6 Å². The lowest BCUT2D eigenvalue weighted by molar-refractivity contribution is -0.138. The highest BCUT2D eigenvalue weighted by atomic mass is 16.5. The summed E-state index contributed by atoms with van der Waals surface area (Å²) in [4.78, 5) is 11.0. The van der Waals surface area contributed by atoms with Gasteiger partial charge in [0.2, 0.25) is 0 Å². The Hall–Kier alpha value is -1.51. The molecule has 0 radical (unpaired) electrons. The topological polar surface area (TPSA) is 46.5 Å². The molecule has 15 heavy (non-hydrogen) atoms. The first-order valence-electron chi connectivity index (χ1n) is 4.97. The van der Waals surface area contributed by atoms with Gasteiger partial charge in [0, 0.05) is 0 Å². The molecule has 1 atom stereocenters. The Morgan fingerprint density at radius 3 is 2.60 bits per heavy atom. The van der Waals surface area contributed by atoms with Crippen LogP contribution in [0.2, 0.25) is 0 Å². The first-order valence-corrected chi connectivity index (χ1v) is 4.97. The fourth-order valence-electron chi connectivity index (χ4n) is 1.69. The minimum Gasteiger partial charge on any atom is -0.497 e. The second kappa shape index (κ2) is 4.82. The van der Waals surface area contributed by atoms with Gasteiger partial charge in [0.05, 0.1) is 13.0 Å². The van der Waals surface area contributed by atoms with E-state index in [9.17, 15) is 4.79 Å². The molecule has 0 saturated heterocycles. The molecule has 1 rings (SSSR count). The molecule has 0 spiro atoms. The van der Waals surface area contributed by atoms with Gasteiger partial charge in [-0.3, -0.25) is 4.79 Å². The van der Waals surface area contributed by atoms with E-state index in [1.807, 2.05) is 26.0 Å². The van der Waals surface area contributed by atoms with Crippen molar-refractivity contribution in [3.63, 3.8) is 0 Å². The third kappa shape index (κ3) is 2.49. The zero-order chi connectivity index (χ0) is 11.4. The molecule has 1 aromatic carbocycles. The second-order valence-corrected chi connectivity index (χ2v) is 3.52. The van der Waals surface area contributed by atoms with Crippen LogP contribution < -0.4 is 4.74 Å². The van der Waals surface area contributed by atoms with Crippen molar-refractivity contribution in [3.05, 3.63) is 29.3 Å². The van der Waals surface area contributed by atoms with Gasteiger partial charge in [0.1, 0.15) is 5.75 Å². The molecule has 0 aliphatic heterocycles. The third-order valence-corrected chi connectivity index (χ3v) is 2.56. The number of benzene rings is 1. The Balaban J connectivity index is 3.08. The minimum atomic E-state index is -0.772. The van der Waals surface area contributed by atoms with E-state index >= 15 is 0 Å². The highest BCUT2D eigenvalue weighted by Crippen LogP contribution is 2.26. The fourth-order valence-corrected chi connectivity index (χ4v) is 1.69. The Morgan fingerprint density at radius 1 is 1.53 bits per heavy atom. The summed E-state index contributed by atoms with van der Waals surface area (Å²) in [6.07, 6.45) is 0.600. The molecule has 1 aromatic rings. The zero-order valence-electron chi connectivity index (χ0n) is 9.28. The van der Waals surface area contributed by atoms with E-state index in [2.05, 4.69) is 0 Å². The van der Waals surface area contributed by atoms with E-state index in [1.54, 1.807) is 13.2 Å². The maximum Gasteiger partial charge on any atom is 0.310 e. The van der Waals surface area contributed by atoms with Gasteiger partial charge in [-0.25, -0.2) is 0 Å². The summed E-state index contributed by atoms with van der Waals surface area (Å²) in [5.74, 6) is -0.432. The molecule has 82 valence electrons. The molecule has 1 N–H and O–H groups in total. The molecule has 0 fully saturated rings. The van der Waals surface area contributed by atoms with Crippen molar-refractivity contribution in [2.24, 2.45) is 0 Å². The first-order chi connectivity index (χ1) is 7.10. The Morgan fingerprint density at radius 2 is 2.20 bits per heavy atom. The van der Waals surface area contributed by atoms with Crippen LogP contribution in [-0.4, -0.2) is 18.2 Å². The van der Waals surface area contributed by atoms with E-state index in [-0.39, 0.29) is 0 Å². The SMILES string of the molecule is CCC(C(=O)O)c1ccc(OC)cc1C. The molecule has 0 aliphatic rings. The van der Waals surface area contributed by atoms with Crippen LogP contribution >= 0.6 is 0 Å². The van der Waals surface area contributed by atoms with E-state index in [1.165, 1.54) is 0 Å². The average Bonchev–Trinajstić information content (AvgIpc) is 2.20. The number of carbonyl (C=O) groups is 1. The Bertz CT molecular complexity index is 358. The lowest BCUT2D eigenvalue weighted by Gasteiger charge is -2.14. The number of aryl methyl sites for hydroxylation is 1. The number of aliphatic carboxylic acids is 1. The van der Waals surface area contributed by atoms with Crippen LogP contribution in [0.1, 0.15) is 30.4 Å². The molecule has 3 nitrogen and oxygen atoms in total. The van der Waals surface area contributed by atoms with Gasteiger partial charge in [-0.05, 0) is 36.6 Å². The molecular weight excluding hydrogens is 192 g/mol. The van der Waals surface area contributed by atoms with Crippen molar-refractivity contribution in [1.82, 2.24) is 0 Å². The molecule has 0 heterocycles. The van der Waals surface area contributed by atoms with Crippen molar-refractivity contribution in [2.75, 3.05) is 7.11 Å². The van der Waals surface area contributed by atoms with E-state index in [0.717, 1.165) is 16.9 Å². The average molecular weight is 208 g/mol. The van der Waals surface area contributed by atoms with Crippen molar-refractivity contribution >= 4 is 5.97 Å². The summed E-state index contributed by atoms with van der Waals surface area (Å²) in [5.41, 5.74) is 1.83. The Labute approximate surface area is 89.7 Å². The first kappa shape index (κ1) is 11.6. The van der Waals surface area contributed by atoms with Crippen molar-refractivity contribution in [2.45, 2.75) is 26.2 Å². The van der Waals surface area contributed by atoms with Gasteiger partial charge in [-0.15, -0.1) is 0 Å². The standard InChI is InChI=1S/C12H16O3/c1-4-10(12(13)14)11-6-5-9(15-3)7-8(11)2/h5-7,10H,4H2,1-3H3,(H,13,14). The van der Waals surface area contributed by atoms with Gasteiger partial charge in [0.15, 0.2) is 0 Å². The number of rotatable bonds is 4. The normalized spacial score (nSPS) is 12.2. The van der Waals surface area contributed by atoms with Crippen LogP contribution in [0, 0.1) is 6.92 Å². The van der Waals surface area contributed by atoms with Gasteiger partial charge < -0.3 is 9.84 Å². The molecule has 0 aromatic heterocycles. The maximum atomic E-state index is 11.0. The molecule has 0 amide bonds. The lowest BCUT2D eigenvalue weighted by Crippen LogP contribution is -2.11. The van der Waals surface area contributed by atoms with Crippen LogP contribution in [-0.2, 0) is 4.79 Å². The molecule has 0 aliphatic carbocycles. The van der Waals surface area contributed by atoms with E-state index < -0.39 is 11.9 Å². The molecule has 0 saturated carbocycles.